The van der Waals surface area contributed by atoms with Crippen molar-refractivity contribution in [1.29, 1.82) is 0 Å². The monoisotopic (exact) mass is 441 g/mol. The summed E-state index contributed by atoms with van der Waals surface area (Å²) in [4.78, 5) is 21.4. The molecule has 0 bridgehead atoms. The SMILES string of the molecule is CSc1ncc2cc(Oc3ccc(F)cc3F)c(=O)n(CCCS(C)(=O)=O)c2n1. The Kier molecular flexibility index (Phi) is 6.18. The number of hydrogen-bond acceptors (Lipinski definition) is 7. The molecule has 0 spiro atoms. The topological polar surface area (TPSA) is 91.1 Å². The zero-order chi connectivity index (χ0) is 21.2. The minimum atomic E-state index is -3.21. The van der Waals surface area contributed by atoms with E-state index in [0.29, 0.717) is 22.3 Å². The number of nitrogens with zero attached hydrogens (tertiary/aromatic N) is 3. The second-order valence-corrected chi connectivity index (χ2v) is 9.29. The summed E-state index contributed by atoms with van der Waals surface area (Å²) < 4.78 is 56.6. The molecule has 0 saturated heterocycles. The van der Waals surface area contributed by atoms with E-state index < -0.39 is 27.0 Å². The molecule has 0 fully saturated rings. The molecule has 11 heteroatoms. The Morgan fingerprint density at radius 3 is 2.62 bits per heavy atom. The highest BCUT2D eigenvalue weighted by Gasteiger charge is 2.16. The zero-order valence-electron chi connectivity index (χ0n) is 15.6. The Morgan fingerprint density at radius 2 is 1.97 bits per heavy atom. The number of aryl methyl sites for hydroxylation is 1. The molecule has 3 aromatic rings. The summed E-state index contributed by atoms with van der Waals surface area (Å²) >= 11 is 1.29. The molecule has 0 atom stereocenters. The predicted molar refractivity (Wildman–Crippen MR) is 106 cm³/mol. The van der Waals surface area contributed by atoms with Crippen LogP contribution in [0.1, 0.15) is 6.42 Å². The van der Waals surface area contributed by atoms with Gasteiger partial charge >= 0.3 is 0 Å². The summed E-state index contributed by atoms with van der Waals surface area (Å²) in [6.07, 6.45) is 4.57. The predicted octanol–water partition coefficient (Wildman–Crippen LogP) is 3.02. The van der Waals surface area contributed by atoms with Crippen molar-refractivity contribution in [2.45, 2.75) is 18.1 Å². The number of halogens is 2. The van der Waals surface area contributed by atoms with Gasteiger partial charge in [-0.05, 0) is 30.9 Å². The summed E-state index contributed by atoms with van der Waals surface area (Å²) in [5, 5.41) is 0.895. The largest absolute Gasteiger partial charge is 0.448 e. The Morgan fingerprint density at radius 1 is 1.21 bits per heavy atom. The highest BCUT2D eigenvalue weighted by molar-refractivity contribution is 7.98. The van der Waals surface area contributed by atoms with Gasteiger partial charge < -0.3 is 4.74 Å². The van der Waals surface area contributed by atoms with Crippen molar-refractivity contribution in [3.63, 3.8) is 0 Å². The molecule has 0 radical (unpaired) electrons. The van der Waals surface area contributed by atoms with E-state index in [1.165, 1.54) is 28.6 Å². The minimum absolute atomic E-state index is 0.0658. The van der Waals surface area contributed by atoms with Gasteiger partial charge in [0, 0.05) is 30.4 Å². The quantitative estimate of drug-likeness (QED) is 0.411. The summed E-state index contributed by atoms with van der Waals surface area (Å²) in [6, 6.07) is 4.11. The molecule has 154 valence electrons. The van der Waals surface area contributed by atoms with Crippen LogP contribution in [0.15, 0.2) is 40.4 Å². The first-order valence-corrected chi connectivity index (χ1v) is 11.7. The molecule has 2 aromatic heterocycles. The van der Waals surface area contributed by atoms with Crippen LogP contribution in [0, 0.1) is 11.6 Å². The van der Waals surface area contributed by atoms with Gasteiger partial charge in [0.2, 0.25) is 0 Å². The highest BCUT2D eigenvalue weighted by atomic mass is 32.2. The maximum atomic E-state index is 13.9. The fourth-order valence-corrected chi connectivity index (χ4v) is 3.65. The molecule has 1 aromatic carbocycles. The molecule has 0 amide bonds. The average molecular weight is 441 g/mol. The van der Waals surface area contributed by atoms with Crippen LogP contribution < -0.4 is 10.3 Å². The van der Waals surface area contributed by atoms with Gasteiger partial charge in [-0.2, -0.15) is 0 Å². The fourth-order valence-electron chi connectivity index (χ4n) is 2.66. The van der Waals surface area contributed by atoms with E-state index in [-0.39, 0.29) is 30.2 Å². The summed E-state index contributed by atoms with van der Waals surface area (Å²) in [5.41, 5.74) is -0.296. The van der Waals surface area contributed by atoms with Gasteiger partial charge in [-0.15, -0.1) is 0 Å². The number of thioether (sulfide) groups is 1. The number of pyridine rings is 1. The van der Waals surface area contributed by atoms with E-state index in [0.717, 1.165) is 18.4 Å². The molecule has 0 aliphatic carbocycles. The number of hydrogen-bond donors (Lipinski definition) is 0. The van der Waals surface area contributed by atoms with Crippen molar-refractivity contribution < 1.29 is 21.9 Å². The Bertz CT molecular complexity index is 1230. The van der Waals surface area contributed by atoms with Crippen LogP contribution in [-0.2, 0) is 16.4 Å². The molecule has 29 heavy (non-hydrogen) atoms. The zero-order valence-corrected chi connectivity index (χ0v) is 17.2. The van der Waals surface area contributed by atoms with Gasteiger partial charge in [0.25, 0.3) is 5.56 Å². The van der Waals surface area contributed by atoms with Crippen molar-refractivity contribution >= 4 is 32.6 Å². The number of benzene rings is 1. The first-order valence-electron chi connectivity index (χ1n) is 8.43. The van der Waals surface area contributed by atoms with E-state index >= 15 is 0 Å². The van der Waals surface area contributed by atoms with Crippen LogP contribution in [0.25, 0.3) is 11.0 Å². The van der Waals surface area contributed by atoms with Gasteiger partial charge in [0.15, 0.2) is 22.5 Å². The molecule has 3 rings (SSSR count). The van der Waals surface area contributed by atoms with Crippen molar-refractivity contribution in [1.82, 2.24) is 14.5 Å². The van der Waals surface area contributed by atoms with Gasteiger partial charge in [0.1, 0.15) is 21.3 Å². The molecule has 0 unspecified atom stereocenters. The number of fused-ring (bicyclic) bond motifs is 1. The smallest absolute Gasteiger partial charge is 0.295 e. The number of rotatable bonds is 7. The van der Waals surface area contributed by atoms with Crippen molar-refractivity contribution in [2.24, 2.45) is 0 Å². The van der Waals surface area contributed by atoms with E-state index in [1.807, 2.05) is 0 Å². The average Bonchev–Trinajstić information content (AvgIpc) is 2.65. The molecule has 0 aliphatic rings. The van der Waals surface area contributed by atoms with Crippen LogP contribution in [0.3, 0.4) is 0 Å². The third kappa shape index (κ3) is 5.10. The molecule has 0 saturated carbocycles. The summed E-state index contributed by atoms with van der Waals surface area (Å²) in [5.74, 6) is -2.36. The van der Waals surface area contributed by atoms with Gasteiger partial charge in [-0.3, -0.25) is 9.36 Å². The van der Waals surface area contributed by atoms with Crippen LogP contribution in [0.2, 0.25) is 0 Å². The van der Waals surface area contributed by atoms with E-state index in [2.05, 4.69) is 9.97 Å². The van der Waals surface area contributed by atoms with Crippen LogP contribution in [0.4, 0.5) is 8.78 Å². The van der Waals surface area contributed by atoms with Crippen LogP contribution in [0.5, 0.6) is 11.5 Å². The lowest BCUT2D eigenvalue weighted by Gasteiger charge is -2.13. The normalized spacial score (nSPS) is 11.7. The lowest BCUT2D eigenvalue weighted by Crippen LogP contribution is -2.24. The molecule has 7 nitrogen and oxygen atoms in total. The Labute approximate surface area is 169 Å². The van der Waals surface area contributed by atoms with Gasteiger partial charge in [0.05, 0.1) is 5.75 Å². The first kappa shape index (κ1) is 21.2. The van der Waals surface area contributed by atoms with E-state index in [4.69, 9.17) is 4.74 Å². The number of sulfone groups is 1. The van der Waals surface area contributed by atoms with E-state index in [1.54, 1.807) is 6.26 Å². The highest BCUT2D eigenvalue weighted by Crippen LogP contribution is 2.25. The first-order chi connectivity index (χ1) is 13.7. The molecule has 2 heterocycles. The minimum Gasteiger partial charge on any atom is -0.448 e. The van der Waals surface area contributed by atoms with Crippen molar-refractivity contribution in [3.05, 3.63) is 52.5 Å². The van der Waals surface area contributed by atoms with Crippen molar-refractivity contribution in [2.75, 3.05) is 18.3 Å². The molecule has 0 aliphatic heterocycles. The van der Waals surface area contributed by atoms with Crippen LogP contribution in [-0.4, -0.2) is 41.2 Å². The number of ether oxygens (including phenoxy) is 1. The lowest BCUT2D eigenvalue weighted by atomic mass is 10.3. The molecular weight excluding hydrogens is 424 g/mol. The third-order valence-corrected chi connectivity index (χ3v) is 5.56. The second kappa shape index (κ2) is 8.46. The molecular formula is C18H17F2N3O4S2. The van der Waals surface area contributed by atoms with Crippen LogP contribution >= 0.6 is 11.8 Å². The fraction of sp³-hybridized carbons (Fsp3) is 0.278. The Balaban J connectivity index is 2.08. The van der Waals surface area contributed by atoms with Crippen molar-refractivity contribution in [3.8, 4) is 11.5 Å². The van der Waals surface area contributed by atoms with Gasteiger partial charge in [-0.1, -0.05) is 11.8 Å². The lowest BCUT2D eigenvalue weighted by molar-refractivity contribution is 0.428. The summed E-state index contributed by atoms with van der Waals surface area (Å²) in [7, 11) is -3.21. The third-order valence-electron chi connectivity index (χ3n) is 3.97. The Hall–Kier alpha value is -2.53. The maximum Gasteiger partial charge on any atom is 0.295 e. The number of aromatic nitrogens is 3. The summed E-state index contributed by atoms with van der Waals surface area (Å²) in [6.45, 7) is 0.0658. The maximum absolute atomic E-state index is 13.9. The standard InChI is InChI=1S/C18H17F2N3O4S2/c1-28-18-21-10-11-8-15(27-14-5-4-12(19)9-13(14)20)17(24)23(16(11)22-18)6-3-7-29(2,25)26/h4-5,8-10H,3,6-7H2,1-2H3. The second-order valence-electron chi connectivity index (χ2n) is 6.26. The molecule has 0 N–H and O–H groups in total. The van der Waals surface area contributed by atoms with E-state index in [9.17, 15) is 22.0 Å². The van der Waals surface area contributed by atoms with Gasteiger partial charge in [-0.25, -0.2) is 27.2 Å².